The molecule has 1 saturated heterocycles. The van der Waals surface area contributed by atoms with Crippen molar-refractivity contribution in [3.05, 3.63) is 65.5 Å². The van der Waals surface area contributed by atoms with Gasteiger partial charge < -0.3 is 15.1 Å². The molecule has 3 rings (SSSR count). The zero-order valence-corrected chi connectivity index (χ0v) is 15.7. The van der Waals surface area contributed by atoms with Crippen LogP contribution in [0.3, 0.4) is 0 Å². The summed E-state index contributed by atoms with van der Waals surface area (Å²) in [6, 6.07) is 11.2. The van der Waals surface area contributed by atoms with Crippen LogP contribution >= 0.6 is 0 Å². The lowest BCUT2D eigenvalue weighted by molar-refractivity contribution is -0.142. The molecule has 148 valence electrons. The van der Waals surface area contributed by atoms with E-state index in [0.29, 0.717) is 5.56 Å². The zero-order valence-electron chi connectivity index (χ0n) is 15.7. The number of hydrogen-bond acceptors (Lipinski definition) is 4. The Morgan fingerprint density at radius 3 is 2.57 bits per heavy atom. The van der Waals surface area contributed by atoms with Crippen molar-refractivity contribution in [2.45, 2.75) is 25.0 Å². The minimum absolute atomic E-state index is 0.105. The highest BCUT2D eigenvalue weighted by Crippen LogP contribution is 2.41. The van der Waals surface area contributed by atoms with Gasteiger partial charge in [0.1, 0.15) is 17.6 Å². The Labute approximate surface area is 162 Å². The standard InChI is InChI=1S/C21H23FN2O4/c1-23(12-13-6-5-7-14(25)10-13)20(26)16-11-18(21(27)28)24(2)19(16)15-8-3-4-9-17(15)22/h3-10,16,18-19,25H,11-12H2,1-2H3,(H,27,28)/t16-,18-,19-/m0/s1. The van der Waals surface area contributed by atoms with E-state index in [4.69, 9.17) is 0 Å². The number of halogens is 1. The third-order valence-electron chi connectivity index (χ3n) is 5.32. The highest BCUT2D eigenvalue weighted by Gasteiger charge is 2.48. The minimum atomic E-state index is -1.03. The molecule has 28 heavy (non-hydrogen) atoms. The molecule has 0 aliphatic carbocycles. The van der Waals surface area contributed by atoms with Gasteiger partial charge >= 0.3 is 5.97 Å². The maximum atomic E-state index is 14.4. The topological polar surface area (TPSA) is 81.1 Å². The molecule has 0 radical (unpaired) electrons. The van der Waals surface area contributed by atoms with Gasteiger partial charge in [0.15, 0.2) is 0 Å². The quantitative estimate of drug-likeness (QED) is 0.826. The van der Waals surface area contributed by atoms with Crippen molar-refractivity contribution in [1.29, 1.82) is 0 Å². The molecule has 0 aromatic heterocycles. The molecular formula is C21H23FN2O4. The average molecular weight is 386 g/mol. The summed E-state index contributed by atoms with van der Waals surface area (Å²) in [5, 5.41) is 19.1. The number of phenols is 1. The summed E-state index contributed by atoms with van der Waals surface area (Å²) in [7, 11) is 3.23. The molecular weight excluding hydrogens is 363 g/mol. The smallest absolute Gasteiger partial charge is 0.320 e. The van der Waals surface area contributed by atoms with Gasteiger partial charge in [-0.05, 0) is 37.2 Å². The molecule has 2 N–H and O–H groups in total. The number of nitrogens with zero attached hydrogens (tertiary/aromatic N) is 2. The van der Waals surface area contributed by atoms with E-state index in [0.717, 1.165) is 5.56 Å². The predicted octanol–water partition coefficient (Wildman–Crippen LogP) is 2.64. The highest BCUT2D eigenvalue weighted by molar-refractivity contribution is 5.83. The van der Waals surface area contributed by atoms with Crippen LogP contribution in [0, 0.1) is 11.7 Å². The first-order valence-electron chi connectivity index (χ1n) is 9.01. The summed E-state index contributed by atoms with van der Waals surface area (Å²) in [4.78, 5) is 27.9. The van der Waals surface area contributed by atoms with Crippen molar-refractivity contribution in [2.24, 2.45) is 5.92 Å². The largest absolute Gasteiger partial charge is 0.508 e. The van der Waals surface area contributed by atoms with E-state index in [9.17, 15) is 24.2 Å². The zero-order chi connectivity index (χ0) is 20.4. The van der Waals surface area contributed by atoms with E-state index in [1.165, 1.54) is 11.0 Å². The van der Waals surface area contributed by atoms with Crippen molar-refractivity contribution >= 4 is 11.9 Å². The molecule has 7 heteroatoms. The van der Waals surface area contributed by atoms with Crippen LogP contribution in [0.25, 0.3) is 0 Å². The molecule has 1 amide bonds. The van der Waals surface area contributed by atoms with Crippen LogP contribution in [0.2, 0.25) is 0 Å². The fourth-order valence-corrected chi connectivity index (χ4v) is 3.97. The molecule has 0 bridgehead atoms. The second-order valence-electron chi connectivity index (χ2n) is 7.19. The number of aromatic hydroxyl groups is 1. The number of benzene rings is 2. The Balaban J connectivity index is 1.89. The molecule has 3 atom stereocenters. The predicted molar refractivity (Wildman–Crippen MR) is 101 cm³/mol. The number of carboxylic acids is 1. The normalized spacial score (nSPS) is 22.2. The van der Waals surface area contributed by atoms with Crippen LogP contribution in [-0.2, 0) is 16.1 Å². The van der Waals surface area contributed by atoms with Crippen molar-refractivity contribution in [2.75, 3.05) is 14.1 Å². The summed E-state index contributed by atoms with van der Waals surface area (Å²) in [5.41, 5.74) is 1.07. The lowest BCUT2D eigenvalue weighted by atomic mass is 9.91. The Morgan fingerprint density at radius 1 is 1.21 bits per heavy atom. The summed E-state index contributed by atoms with van der Waals surface area (Å²) < 4.78 is 14.4. The summed E-state index contributed by atoms with van der Waals surface area (Å²) >= 11 is 0. The van der Waals surface area contributed by atoms with Crippen molar-refractivity contribution < 1.29 is 24.2 Å². The first kappa shape index (κ1) is 19.8. The van der Waals surface area contributed by atoms with Gasteiger partial charge in [-0.3, -0.25) is 14.5 Å². The van der Waals surface area contributed by atoms with Gasteiger partial charge in [0.05, 0.1) is 5.92 Å². The van der Waals surface area contributed by atoms with Crippen LogP contribution < -0.4 is 0 Å². The average Bonchev–Trinajstić information content (AvgIpc) is 2.99. The maximum Gasteiger partial charge on any atom is 0.320 e. The van der Waals surface area contributed by atoms with Gasteiger partial charge in [-0.1, -0.05) is 30.3 Å². The molecule has 6 nitrogen and oxygen atoms in total. The fraction of sp³-hybridized carbons (Fsp3) is 0.333. The molecule has 2 aromatic carbocycles. The summed E-state index contributed by atoms with van der Waals surface area (Å²) in [5.74, 6) is -2.33. The number of phenolic OH excluding ortho intramolecular Hbond substituents is 1. The van der Waals surface area contributed by atoms with Crippen molar-refractivity contribution in [1.82, 2.24) is 9.80 Å². The van der Waals surface area contributed by atoms with Crippen molar-refractivity contribution in [3.8, 4) is 5.75 Å². The van der Waals surface area contributed by atoms with Gasteiger partial charge in [-0.25, -0.2) is 4.39 Å². The van der Waals surface area contributed by atoms with Gasteiger partial charge in [0.25, 0.3) is 0 Å². The number of likely N-dealkylation sites (tertiary alicyclic amines) is 1. The molecule has 1 aliphatic heterocycles. The number of amides is 1. The molecule has 1 fully saturated rings. The molecule has 0 spiro atoms. The number of carbonyl (C=O) groups excluding carboxylic acids is 1. The third kappa shape index (κ3) is 3.84. The SMILES string of the molecule is CN(Cc1cccc(O)c1)C(=O)[C@H]1C[C@@H](C(=O)O)N(C)[C@H]1c1ccccc1F. The van der Waals surface area contributed by atoms with E-state index < -0.39 is 29.8 Å². The third-order valence-corrected chi connectivity index (χ3v) is 5.32. The van der Waals surface area contributed by atoms with E-state index in [2.05, 4.69) is 0 Å². The van der Waals surface area contributed by atoms with Gasteiger partial charge in [0, 0.05) is 25.2 Å². The molecule has 0 saturated carbocycles. The fourth-order valence-electron chi connectivity index (χ4n) is 3.97. The number of carboxylic acid groups (broad SMARTS) is 1. The lowest BCUT2D eigenvalue weighted by Crippen LogP contribution is -2.37. The van der Waals surface area contributed by atoms with Crippen LogP contribution in [0.15, 0.2) is 48.5 Å². The molecule has 2 aromatic rings. The van der Waals surface area contributed by atoms with Gasteiger partial charge in [-0.2, -0.15) is 0 Å². The maximum absolute atomic E-state index is 14.4. The van der Waals surface area contributed by atoms with E-state index >= 15 is 0 Å². The highest BCUT2D eigenvalue weighted by atomic mass is 19.1. The van der Waals surface area contributed by atoms with Crippen molar-refractivity contribution in [3.63, 3.8) is 0 Å². The van der Waals surface area contributed by atoms with Gasteiger partial charge in [-0.15, -0.1) is 0 Å². The van der Waals surface area contributed by atoms with Crippen LogP contribution in [0.1, 0.15) is 23.6 Å². The first-order valence-corrected chi connectivity index (χ1v) is 9.01. The minimum Gasteiger partial charge on any atom is -0.508 e. The Hall–Kier alpha value is -2.93. The Morgan fingerprint density at radius 2 is 1.93 bits per heavy atom. The van der Waals surface area contributed by atoms with E-state index in [-0.39, 0.29) is 24.6 Å². The number of aliphatic carboxylic acids is 1. The number of rotatable bonds is 5. The van der Waals surface area contributed by atoms with Crippen LogP contribution in [0.4, 0.5) is 4.39 Å². The molecule has 1 aliphatic rings. The monoisotopic (exact) mass is 386 g/mol. The van der Waals surface area contributed by atoms with Crippen LogP contribution in [-0.4, -0.2) is 52.0 Å². The molecule has 0 unspecified atom stereocenters. The van der Waals surface area contributed by atoms with E-state index in [1.54, 1.807) is 61.5 Å². The Kier molecular flexibility index (Phi) is 5.65. The first-order chi connectivity index (χ1) is 13.3. The van der Waals surface area contributed by atoms with Crippen LogP contribution in [0.5, 0.6) is 5.75 Å². The lowest BCUT2D eigenvalue weighted by Gasteiger charge is -2.29. The van der Waals surface area contributed by atoms with E-state index in [1.807, 2.05) is 0 Å². The van der Waals surface area contributed by atoms with Gasteiger partial charge in [0.2, 0.25) is 5.91 Å². The Bertz CT molecular complexity index is 888. The number of hydrogen-bond donors (Lipinski definition) is 2. The molecule has 1 heterocycles. The summed E-state index contributed by atoms with van der Waals surface area (Å²) in [6.07, 6.45) is 0.105. The number of likely N-dealkylation sites (N-methyl/N-ethyl adjacent to an activating group) is 1. The second-order valence-corrected chi connectivity index (χ2v) is 7.19. The number of carbonyl (C=O) groups is 2. The summed E-state index contributed by atoms with van der Waals surface area (Å²) in [6.45, 7) is 0.259. The second kappa shape index (κ2) is 7.98.